The number of ether oxygens (including phenoxy) is 2. The van der Waals surface area contributed by atoms with Crippen LogP contribution in [0.25, 0.3) is 11.3 Å². The van der Waals surface area contributed by atoms with E-state index in [9.17, 15) is 0 Å². The van der Waals surface area contributed by atoms with Gasteiger partial charge in [-0.2, -0.15) is 11.3 Å². The first kappa shape index (κ1) is 15.4. The topological polar surface area (TPSA) is 34.8 Å². The van der Waals surface area contributed by atoms with E-state index in [0.29, 0.717) is 0 Å². The van der Waals surface area contributed by atoms with E-state index in [1.807, 2.05) is 0 Å². The maximum absolute atomic E-state index is 6.20. The van der Waals surface area contributed by atoms with Gasteiger partial charge in [-0.15, -0.1) is 0 Å². The highest BCUT2D eigenvalue weighted by atomic mass is 32.1. The summed E-state index contributed by atoms with van der Waals surface area (Å²) >= 11 is 1.70. The summed E-state index contributed by atoms with van der Waals surface area (Å²) in [5.74, 6) is 2.11. The van der Waals surface area contributed by atoms with Crippen LogP contribution in [0.1, 0.15) is 30.3 Å². The zero-order valence-electron chi connectivity index (χ0n) is 13.3. The van der Waals surface area contributed by atoms with Crippen molar-refractivity contribution in [3.05, 3.63) is 34.2 Å². The monoisotopic (exact) mass is 333 g/mol. The zero-order valence-corrected chi connectivity index (χ0v) is 14.1. The van der Waals surface area contributed by atoms with Crippen LogP contribution in [0.5, 0.6) is 0 Å². The molecule has 0 amide bonds. The lowest BCUT2D eigenvalue weighted by Crippen LogP contribution is -2.38. The fourth-order valence-corrected chi connectivity index (χ4v) is 4.03. The van der Waals surface area contributed by atoms with Gasteiger partial charge in [-0.25, -0.2) is 0 Å². The molecule has 3 heterocycles. The third kappa shape index (κ3) is 3.53. The summed E-state index contributed by atoms with van der Waals surface area (Å²) in [5, 5.41) is 4.23. The van der Waals surface area contributed by atoms with Crippen LogP contribution >= 0.6 is 11.3 Å². The lowest BCUT2D eigenvalue weighted by atomic mass is 9.95. The van der Waals surface area contributed by atoms with Crippen LogP contribution < -0.4 is 0 Å². The molecule has 5 heteroatoms. The molecule has 2 aliphatic rings. The van der Waals surface area contributed by atoms with Crippen molar-refractivity contribution >= 4 is 11.3 Å². The van der Waals surface area contributed by atoms with Gasteiger partial charge in [-0.1, -0.05) is 0 Å². The fraction of sp³-hybridized carbons (Fsp3) is 0.556. The van der Waals surface area contributed by atoms with Crippen molar-refractivity contribution in [2.45, 2.75) is 25.4 Å². The zero-order chi connectivity index (χ0) is 15.5. The van der Waals surface area contributed by atoms with Gasteiger partial charge < -0.3 is 13.9 Å². The second-order valence-electron chi connectivity index (χ2n) is 6.21. The lowest BCUT2D eigenvalue weighted by Gasteiger charge is -2.28. The number of aryl methyl sites for hydroxylation is 1. The van der Waals surface area contributed by atoms with Crippen LogP contribution in [0.2, 0.25) is 0 Å². The van der Waals surface area contributed by atoms with Crippen molar-refractivity contribution < 1.29 is 13.9 Å². The predicted octanol–water partition coefficient (Wildman–Crippen LogP) is 3.73. The maximum Gasteiger partial charge on any atom is 0.135 e. The van der Waals surface area contributed by atoms with E-state index < -0.39 is 0 Å². The molecule has 4 rings (SSSR count). The van der Waals surface area contributed by atoms with Crippen LogP contribution in [-0.4, -0.2) is 44.4 Å². The first-order valence-electron chi connectivity index (χ1n) is 8.47. The highest BCUT2D eigenvalue weighted by Crippen LogP contribution is 2.38. The molecule has 4 nitrogen and oxygen atoms in total. The Morgan fingerprint density at radius 1 is 1.30 bits per heavy atom. The largest absolute Gasteiger partial charge is 0.461 e. The molecule has 1 saturated heterocycles. The summed E-state index contributed by atoms with van der Waals surface area (Å²) in [5.41, 5.74) is 2.44. The Morgan fingerprint density at radius 3 is 3.04 bits per heavy atom. The molecule has 0 saturated carbocycles. The fourth-order valence-electron chi connectivity index (χ4n) is 3.38. The van der Waals surface area contributed by atoms with Gasteiger partial charge in [0.05, 0.1) is 25.9 Å². The van der Waals surface area contributed by atoms with Crippen molar-refractivity contribution in [3.8, 4) is 11.3 Å². The Labute approximate surface area is 141 Å². The minimum atomic E-state index is 0.191. The van der Waals surface area contributed by atoms with Crippen molar-refractivity contribution in [2.75, 3.05) is 39.5 Å². The first-order valence-corrected chi connectivity index (χ1v) is 9.41. The van der Waals surface area contributed by atoms with Gasteiger partial charge in [0.25, 0.3) is 0 Å². The second kappa shape index (κ2) is 7.18. The van der Waals surface area contributed by atoms with Gasteiger partial charge in [-0.3, -0.25) is 4.90 Å². The van der Waals surface area contributed by atoms with Gasteiger partial charge in [0, 0.05) is 42.6 Å². The van der Waals surface area contributed by atoms with E-state index >= 15 is 0 Å². The molecule has 1 unspecified atom stereocenters. The summed E-state index contributed by atoms with van der Waals surface area (Å²) in [6.07, 6.45) is 3.46. The molecule has 0 N–H and O–H groups in total. The van der Waals surface area contributed by atoms with E-state index in [1.54, 1.807) is 11.3 Å². The minimum absolute atomic E-state index is 0.191. The smallest absolute Gasteiger partial charge is 0.135 e. The van der Waals surface area contributed by atoms with E-state index in [2.05, 4.69) is 27.8 Å². The van der Waals surface area contributed by atoms with E-state index in [1.165, 1.54) is 11.1 Å². The molecule has 2 aromatic rings. The second-order valence-corrected chi connectivity index (χ2v) is 6.99. The number of hydrogen-bond acceptors (Lipinski definition) is 5. The Morgan fingerprint density at radius 2 is 2.22 bits per heavy atom. The molecule has 1 atom stereocenters. The Kier molecular flexibility index (Phi) is 4.80. The Bertz CT molecular complexity index is 616. The number of thiophene rings is 1. The normalized spacial score (nSPS) is 22.2. The third-order valence-corrected chi connectivity index (χ3v) is 5.38. The first-order chi connectivity index (χ1) is 11.4. The standard InChI is InChI=1S/C18H23NO3S/c1-2-16(21-10-7-19-5-8-20-9-6-19)15-12-18(22-17(15)3-1)14-4-11-23-13-14/h4,11-13,16H,1-3,5-10H2. The molecular formula is C18H23NO3S. The van der Waals surface area contributed by atoms with E-state index in [4.69, 9.17) is 13.9 Å². The highest BCUT2D eigenvalue weighted by molar-refractivity contribution is 7.08. The molecule has 0 aromatic carbocycles. The molecule has 1 fully saturated rings. The summed E-state index contributed by atoms with van der Waals surface area (Å²) < 4.78 is 17.7. The minimum Gasteiger partial charge on any atom is -0.461 e. The van der Waals surface area contributed by atoms with Crippen LogP contribution in [0.4, 0.5) is 0 Å². The number of morpholine rings is 1. The van der Waals surface area contributed by atoms with E-state index in [-0.39, 0.29) is 6.10 Å². The van der Waals surface area contributed by atoms with Crippen LogP contribution in [0.15, 0.2) is 27.3 Å². The molecule has 124 valence electrons. The number of rotatable bonds is 5. The number of nitrogens with zero attached hydrogens (tertiary/aromatic N) is 1. The molecular weight excluding hydrogens is 310 g/mol. The summed E-state index contributed by atoms with van der Waals surface area (Å²) in [7, 11) is 0. The lowest BCUT2D eigenvalue weighted by molar-refractivity contribution is -0.00408. The molecule has 0 spiro atoms. The molecule has 0 bridgehead atoms. The molecule has 2 aromatic heterocycles. The molecule has 23 heavy (non-hydrogen) atoms. The SMILES string of the molecule is c1cc(-c2cc3c(o2)CCCC3OCCN2CCOCC2)cs1. The van der Waals surface area contributed by atoms with Gasteiger partial charge >= 0.3 is 0 Å². The third-order valence-electron chi connectivity index (χ3n) is 4.69. The van der Waals surface area contributed by atoms with Crippen LogP contribution in [0.3, 0.4) is 0 Å². The van der Waals surface area contributed by atoms with Crippen molar-refractivity contribution in [1.29, 1.82) is 0 Å². The summed E-state index contributed by atoms with van der Waals surface area (Å²) in [6.45, 7) is 5.51. The van der Waals surface area contributed by atoms with Gasteiger partial charge in [-0.05, 0) is 30.4 Å². The van der Waals surface area contributed by atoms with Gasteiger partial charge in [0.1, 0.15) is 11.5 Å². The van der Waals surface area contributed by atoms with Gasteiger partial charge in [0.15, 0.2) is 0 Å². The average molecular weight is 333 g/mol. The quantitative estimate of drug-likeness (QED) is 0.835. The number of fused-ring (bicyclic) bond motifs is 1. The van der Waals surface area contributed by atoms with Crippen molar-refractivity contribution in [1.82, 2.24) is 4.90 Å². The highest BCUT2D eigenvalue weighted by Gasteiger charge is 2.25. The number of hydrogen-bond donors (Lipinski definition) is 0. The van der Waals surface area contributed by atoms with E-state index in [0.717, 1.165) is 70.2 Å². The Balaban J connectivity index is 1.39. The molecule has 0 radical (unpaired) electrons. The predicted molar refractivity (Wildman–Crippen MR) is 90.9 cm³/mol. The Hall–Kier alpha value is -1.14. The maximum atomic E-state index is 6.20. The van der Waals surface area contributed by atoms with Crippen molar-refractivity contribution in [3.63, 3.8) is 0 Å². The average Bonchev–Trinajstić information content (AvgIpc) is 3.25. The molecule has 1 aliphatic carbocycles. The molecule has 1 aliphatic heterocycles. The van der Waals surface area contributed by atoms with Crippen LogP contribution in [0, 0.1) is 0 Å². The number of furan rings is 1. The van der Waals surface area contributed by atoms with Gasteiger partial charge in [0.2, 0.25) is 0 Å². The van der Waals surface area contributed by atoms with Crippen LogP contribution in [-0.2, 0) is 15.9 Å². The summed E-state index contributed by atoms with van der Waals surface area (Å²) in [6, 6.07) is 4.30. The van der Waals surface area contributed by atoms with Crippen molar-refractivity contribution in [2.24, 2.45) is 0 Å². The summed E-state index contributed by atoms with van der Waals surface area (Å²) in [4.78, 5) is 2.42.